The van der Waals surface area contributed by atoms with Gasteiger partial charge in [-0.3, -0.25) is 4.98 Å². The van der Waals surface area contributed by atoms with Crippen molar-refractivity contribution in [2.24, 2.45) is 0 Å². The van der Waals surface area contributed by atoms with Gasteiger partial charge in [-0.2, -0.15) is 6.42 Å². The van der Waals surface area contributed by atoms with Crippen LogP contribution in [0.4, 0.5) is 0 Å². The second-order valence-corrected chi connectivity index (χ2v) is 2.40. The van der Waals surface area contributed by atoms with Crippen molar-refractivity contribution in [3.63, 3.8) is 0 Å². The topological polar surface area (TPSA) is 22.1 Å². The molecular weight excluding hydrogens is 423 g/mol. The van der Waals surface area contributed by atoms with E-state index in [1.165, 1.54) is 0 Å². The van der Waals surface area contributed by atoms with Crippen LogP contribution in [0.3, 0.4) is 0 Å². The van der Waals surface area contributed by atoms with E-state index in [1.54, 1.807) is 6.20 Å². The summed E-state index contributed by atoms with van der Waals surface area (Å²) in [4.78, 5) is 4.19. The first kappa shape index (κ1) is 17.1. The normalized spacial score (nSPS) is 8.43. The van der Waals surface area contributed by atoms with E-state index in [2.05, 4.69) is 18.8 Å². The number of hydrogen-bond acceptors (Lipinski definition) is 2. The van der Waals surface area contributed by atoms with Gasteiger partial charge in [0.25, 0.3) is 0 Å². The summed E-state index contributed by atoms with van der Waals surface area (Å²) in [6.45, 7) is 7.83. The minimum absolute atomic E-state index is 0. The van der Waals surface area contributed by atoms with Crippen molar-refractivity contribution in [3.05, 3.63) is 37.9 Å². The zero-order valence-electron chi connectivity index (χ0n) is 8.11. The summed E-state index contributed by atoms with van der Waals surface area (Å²) in [7, 11) is 0. The molecule has 0 fully saturated rings. The maximum absolute atomic E-state index is 5.29. The molecule has 1 aromatic rings. The van der Waals surface area contributed by atoms with Crippen LogP contribution >= 0.6 is 0 Å². The third-order valence-corrected chi connectivity index (χ3v) is 1.52. The van der Waals surface area contributed by atoms with Crippen molar-refractivity contribution in [1.29, 1.82) is 0 Å². The second kappa shape index (κ2) is 10.3. The monoisotopic (exact) mass is 436 g/mol. The molecule has 1 rings (SSSR count). The molecule has 0 amide bonds. The van der Waals surface area contributed by atoms with E-state index in [0.717, 1.165) is 24.3 Å². The zero-order valence-corrected chi connectivity index (χ0v) is 13.9. The van der Waals surface area contributed by atoms with Crippen LogP contribution in [0.15, 0.2) is 18.3 Å². The zero-order chi connectivity index (χ0) is 8.81. The predicted octanol–water partition coefficient (Wildman–Crippen LogP) is 2.06. The largest absolute Gasteiger partial charge is 0.524 e. The summed E-state index contributed by atoms with van der Waals surface area (Å²) in [5, 5.41) is 0. The Bertz CT molecular complexity index is 220. The van der Waals surface area contributed by atoms with Gasteiger partial charge >= 0.3 is 0 Å². The molecule has 1 aromatic heterocycles. The Balaban J connectivity index is 0. The quantitative estimate of drug-likeness (QED) is 0.675. The molecule has 2 nitrogen and oxygen atoms in total. The Morgan fingerprint density at radius 3 is 2.64 bits per heavy atom. The third-order valence-electron chi connectivity index (χ3n) is 1.52. The molecule has 0 unspecified atom stereocenters. The first-order valence-corrected chi connectivity index (χ1v) is 4.03. The van der Waals surface area contributed by atoms with Crippen molar-refractivity contribution in [2.45, 2.75) is 12.8 Å². The molecule has 4 heteroatoms. The summed E-state index contributed by atoms with van der Waals surface area (Å²) in [6.07, 6.45) is 3.46. The van der Waals surface area contributed by atoms with Crippen molar-refractivity contribution in [3.8, 4) is 5.75 Å². The Labute approximate surface area is 125 Å². The van der Waals surface area contributed by atoms with Crippen LogP contribution in [-0.2, 0) is 60.2 Å². The first-order chi connectivity index (χ1) is 5.88. The molecule has 75 valence electrons. The van der Waals surface area contributed by atoms with Gasteiger partial charge in [0.15, 0.2) is 0 Å². The van der Waals surface area contributed by atoms with Gasteiger partial charge in [-0.15, -0.1) is 0 Å². The molecule has 0 aliphatic carbocycles. The minimum Gasteiger partial charge on any atom is -0.524 e. The molecule has 0 atom stereocenters. The van der Waals surface area contributed by atoms with Gasteiger partial charge in [0.05, 0.1) is 5.69 Å². The Hall–Kier alpha value is 0.742. The third kappa shape index (κ3) is 5.58. The molecule has 0 aliphatic rings. The number of hydrogen-bond donors (Lipinski definition) is 0. The van der Waals surface area contributed by atoms with Crippen molar-refractivity contribution in [1.82, 2.24) is 4.98 Å². The maximum atomic E-state index is 5.29. The van der Waals surface area contributed by atoms with Gasteiger partial charge < -0.3 is 18.6 Å². The number of aromatic nitrogens is 1. The van der Waals surface area contributed by atoms with E-state index in [9.17, 15) is 0 Å². The van der Waals surface area contributed by atoms with Crippen molar-refractivity contribution < 1.29 is 58.5 Å². The van der Waals surface area contributed by atoms with Gasteiger partial charge in [-0.05, 0) is 25.2 Å². The fraction of sp³-hybridized carbons (Fsp3) is 0.300. The maximum Gasteiger partial charge on any atom is 0.136 e. The van der Waals surface area contributed by atoms with Crippen molar-refractivity contribution >= 4 is 0 Å². The molecule has 0 saturated heterocycles. The smallest absolute Gasteiger partial charge is 0.136 e. The summed E-state index contributed by atoms with van der Waals surface area (Å²) in [5.41, 5.74) is 0.969. The molecular formula is C10H13NOWY-2. The molecule has 1 radical (unpaired) electrons. The average Bonchev–Trinajstić information content (AvgIpc) is 2.09. The van der Waals surface area contributed by atoms with Crippen LogP contribution < -0.4 is 4.74 Å². The molecule has 0 aliphatic heterocycles. The minimum atomic E-state index is 0. The van der Waals surface area contributed by atoms with Crippen molar-refractivity contribution in [2.75, 3.05) is 6.61 Å². The van der Waals surface area contributed by atoms with E-state index < -0.39 is 0 Å². The molecule has 0 aromatic carbocycles. The van der Waals surface area contributed by atoms with Gasteiger partial charge in [0, 0.05) is 60.0 Å². The van der Waals surface area contributed by atoms with Crippen LogP contribution in [0.1, 0.15) is 12.1 Å². The molecule has 0 spiro atoms. The van der Waals surface area contributed by atoms with Gasteiger partial charge in [-0.25, -0.2) is 0 Å². The molecule has 0 bridgehead atoms. The second-order valence-electron chi connectivity index (χ2n) is 2.40. The van der Waals surface area contributed by atoms with Crippen LogP contribution in [0, 0.1) is 13.8 Å². The SMILES string of the molecule is [CH2-]CCc1ncccc1OC[CH2-].[W].[Y]. The fourth-order valence-electron chi connectivity index (χ4n) is 1.02. The van der Waals surface area contributed by atoms with Crippen LogP contribution in [0.25, 0.3) is 0 Å². The summed E-state index contributed by atoms with van der Waals surface area (Å²) in [6, 6.07) is 3.76. The summed E-state index contributed by atoms with van der Waals surface area (Å²) >= 11 is 0. The Kier molecular flexibility index (Phi) is 12.6. The van der Waals surface area contributed by atoms with E-state index in [4.69, 9.17) is 4.74 Å². The number of aryl methyl sites for hydroxylation is 1. The average molecular weight is 436 g/mol. The van der Waals surface area contributed by atoms with E-state index in [0.29, 0.717) is 6.61 Å². The number of nitrogens with zero attached hydrogens (tertiary/aromatic N) is 1. The molecule has 1 heterocycles. The van der Waals surface area contributed by atoms with E-state index in [1.807, 2.05) is 12.1 Å². The number of ether oxygens (including phenoxy) is 1. The van der Waals surface area contributed by atoms with Crippen LogP contribution in [0.2, 0.25) is 0 Å². The molecule has 0 saturated carbocycles. The van der Waals surface area contributed by atoms with E-state index in [-0.39, 0.29) is 53.8 Å². The standard InChI is InChI=1S/C10H13NO.W.Y/c1-3-6-9-10(12-4-2)7-5-8-11-9;;/h5,7-8H,1-4,6H2;;/q-2;;. The van der Waals surface area contributed by atoms with Gasteiger partial charge in [0.1, 0.15) is 5.75 Å². The van der Waals surface area contributed by atoms with Gasteiger partial charge in [-0.1, -0.05) is 0 Å². The first-order valence-electron chi connectivity index (χ1n) is 4.03. The molecule has 0 N–H and O–H groups in total. The number of rotatable bonds is 4. The predicted molar refractivity (Wildman–Crippen MR) is 48.8 cm³/mol. The summed E-state index contributed by atoms with van der Waals surface area (Å²) < 4.78 is 5.29. The van der Waals surface area contributed by atoms with Crippen LogP contribution in [-0.4, -0.2) is 11.6 Å². The van der Waals surface area contributed by atoms with E-state index >= 15 is 0 Å². The fourth-order valence-corrected chi connectivity index (χ4v) is 1.02. The number of pyridine rings is 1. The Morgan fingerprint density at radius 2 is 2.07 bits per heavy atom. The van der Waals surface area contributed by atoms with Crippen LogP contribution in [0.5, 0.6) is 5.75 Å². The summed E-state index contributed by atoms with van der Waals surface area (Å²) in [5.74, 6) is 0.830. The molecule has 14 heavy (non-hydrogen) atoms. The van der Waals surface area contributed by atoms with Gasteiger partial charge in [0.2, 0.25) is 0 Å². The Morgan fingerprint density at radius 1 is 1.36 bits per heavy atom.